The Kier molecular flexibility index (Phi) is 13.2. The van der Waals surface area contributed by atoms with Crippen LogP contribution in [0.15, 0.2) is 0 Å². The molecule has 0 bridgehead atoms. The maximum atomic E-state index is 12.0. The van der Waals surface area contributed by atoms with Crippen LogP contribution in [-0.2, 0) is 37.9 Å². The summed E-state index contributed by atoms with van der Waals surface area (Å²) in [7, 11) is 0. The number of rotatable bonds is 8. The van der Waals surface area contributed by atoms with E-state index in [1.807, 2.05) is 0 Å². The third-order valence-electron chi connectivity index (χ3n) is 17.9. The van der Waals surface area contributed by atoms with Gasteiger partial charge in [-0.05, 0) is 91.3 Å². The second kappa shape index (κ2) is 17.6. The first-order valence-corrected chi connectivity index (χ1v) is 23.4. The van der Waals surface area contributed by atoms with Crippen molar-refractivity contribution in [2.45, 2.75) is 195 Å². The molecule has 0 aromatic heterocycles. The molecule has 19 nitrogen and oxygen atoms in total. The highest BCUT2D eigenvalue weighted by Gasteiger charge is 2.70. The first kappa shape index (κ1) is 47.3. The van der Waals surface area contributed by atoms with Gasteiger partial charge in [-0.2, -0.15) is 0 Å². The topological polar surface area (TPSA) is 296 Å². The average molecular weight is 905 g/mol. The van der Waals surface area contributed by atoms with Crippen LogP contribution in [0.2, 0.25) is 0 Å². The van der Waals surface area contributed by atoms with Crippen LogP contribution < -0.4 is 0 Å². The molecule has 19 heteroatoms. The van der Waals surface area contributed by atoms with Crippen molar-refractivity contribution >= 4 is 0 Å². The fourth-order valence-electron chi connectivity index (χ4n) is 14.5. The molecule has 4 saturated carbocycles. The summed E-state index contributed by atoms with van der Waals surface area (Å²) in [4.78, 5) is 0. The van der Waals surface area contributed by atoms with E-state index in [1.54, 1.807) is 0 Å². The summed E-state index contributed by atoms with van der Waals surface area (Å²) in [5.74, 6) is 1.32. The lowest BCUT2D eigenvalue weighted by atomic mass is 9.43. The molecule has 0 amide bonds. The van der Waals surface area contributed by atoms with Gasteiger partial charge in [-0.1, -0.05) is 27.7 Å². The van der Waals surface area contributed by atoms with Gasteiger partial charge in [0.15, 0.2) is 24.7 Å². The first-order chi connectivity index (χ1) is 29.8. The molecule has 5 saturated heterocycles. The molecule has 9 aliphatic rings. The zero-order valence-corrected chi connectivity index (χ0v) is 36.6. The smallest absolute Gasteiger partial charge is 0.187 e. The van der Waals surface area contributed by atoms with Crippen LogP contribution in [0.25, 0.3) is 0 Å². The molecule has 0 radical (unpaired) electrons. The highest BCUT2D eigenvalue weighted by Crippen LogP contribution is 2.71. The SMILES string of the molecule is C[C@@H]1CC[C@@]2(OC1)O[C@H]1C[C@H]3[C@@H]4C[C@@H](O)[C@H]5C[C@@H](O[C@@H]6O[C@H](CO)[C@H](O[C@@H]7O[C@H](CO)[C@@H](O)[C@H](O[C@@H]8OC[C@@H](O)[C@H](O)[C@H]8O)[C@H]7O)[C@H](O)[C@H]6O)[C@H](O)C[C@]5(C)[C@H]4CC[C@]3(C)[C@H]1[C@@H]2C. The lowest BCUT2D eigenvalue weighted by Gasteiger charge is -2.63. The number of hydrogen-bond donors (Lipinski definition) is 11. The van der Waals surface area contributed by atoms with Crippen molar-refractivity contribution in [3.63, 3.8) is 0 Å². The summed E-state index contributed by atoms with van der Waals surface area (Å²) < 4.78 is 48.0. The van der Waals surface area contributed by atoms with E-state index >= 15 is 0 Å². The van der Waals surface area contributed by atoms with Crippen LogP contribution in [0, 0.1) is 52.3 Å². The number of hydrogen-bond acceptors (Lipinski definition) is 19. The zero-order chi connectivity index (χ0) is 45.1. The maximum absolute atomic E-state index is 12.0. The van der Waals surface area contributed by atoms with Gasteiger partial charge in [-0.15, -0.1) is 0 Å². The van der Waals surface area contributed by atoms with Gasteiger partial charge >= 0.3 is 0 Å². The first-order valence-electron chi connectivity index (χ1n) is 23.4. The van der Waals surface area contributed by atoms with Crippen LogP contribution in [0.5, 0.6) is 0 Å². The van der Waals surface area contributed by atoms with Crippen molar-refractivity contribution in [2.24, 2.45) is 52.3 Å². The summed E-state index contributed by atoms with van der Waals surface area (Å²) >= 11 is 0. The highest BCUT2D eigenvalue weighted by atomic mass is 16.8. The lowest BCUT2D eigenvalue weighted by Crippen LogP contribution is -2.66. The summed E-state index contributed by atoms with van der Waals surface area (Å²) in [6.07, 6.45) is -19.3. The molecule has 362 valence electrons. The van der Waals surface area contributed by atoms with Crippen molar-refractivity contribution in [2.75, 3.05) is 26.4 Å². The van der Waals surface area contributed by atoms with Crippen LogP contribution in [0.3, 0.4) is 0 Å². The summed E-state index contributed by atoms with van der Waals surface area (Å²) in [5, 5.41) is 120. The monoisotopic (exact) mass is 904 g/mol. The molecule has 0 unspecified atom stereocenters. The van der Waals surface area contributed by atoms with E-state index in [4.69, 9.17) is 37.9 Å². The Balaban J connectivity index is 0.844. The van der Waals surface area contributed by atoms with Crippen molar-refractivity contribution in [1.82, 2.24) is 0 Å². The average Bonchev–Trinajstić information content (AvgIpc) is 3.70. The quantitative estimate of drug-likeness (QED) is 0.116. The summed E-state index contributed by atoms with van der Waals surface area (Å²) in [5.41, 5.74) is -0.357. The van der Waals surface area contributed by atoms with Gasteiger partial charge in [0.2, 0.25) is 0 Å². The molecule has 5 heterocycles. The standard InChI is InChI=1S/C44H72O19/c1-17-5-8-44(57-15-17)18(2)30-27(63-44)10-21-19-9-23(47)22-11-26(24(48)12-43(22,4)20(19)6-7-42(21,30)3)58-40-35(54)33(52)37(29(14-46)60-40)61-41-36(55)38(32(51)28(13-45)59-41)62-39-34(53)31(50)25(49)16-56-39/h17-41,45-55H,5-16H2,1-4H3/t17-,18+,19-,20+,21+,22-,23-,24-,25-,26-,27+,28-,29-,30+,31+,32-,33-,34-,35-,36-,37+,38+,39+,40-,41+,42+,43-,44-/m1/s1. The Bertz CT molecular complexity index is 1590. The Morgan fingerprint density at radius 1 is 0.587 bits per heavy atom. The van der Waals surface area contributed by atoms with Crippen molar-refractivity contribution < 1.29 is 94.1 Å². The second-order valence-corrected chi connectivity index (χ2v) is 21.4. The van der Waals surface area contributed by atoms with E-state index in [9.17, 15) is 56.2 Å². The molecule has 9 fully saturated rings. The Labute approximate surface area is 367 Å². The van der Waals surface area contributed by atoms with Crippen molar-refractivity contribution in [3.8, 4) is 0 Å². The minimum atomic E-state index is -1.89. The van der Waals surface area contributed by atoms with E-state index in [0.717, 1.165) is 38.7 Å². The van der Waals surface area contributed by atoms with E-state index in [2.05, 4.69) is 27.7 Å². The Morgan fingerprint density at radius 2 is 1.27 bits per heavy atom. The van der Waals surface area contributed by atoms with Crippen LogP contribution >= 0.6 is 0 Å². The number of fused-ring (bicyclic) bond motifs is 7. The van der Waals surface area contributed by atoms with Crippen LogP contribution in [0.4, 0.5) is 0 Å². The Morgan fingerprint density at radius 3 is 1.97 bits per heavy atom. The molecular weight excluding hydrogens is 832 g/mol. The van der Waals surface area contributed by atoms with E-state index < -0.39 is 135 Å². The third kappa shape index (κ3) is 7.78. The largest absolute Gasteiger partial charge is 0.394 e. The van der Waals surface area contributed by atoms with Gasteiger partial charge in [0.05, 0.1) is 50.8 Å². The van der Waals surface area contributed by atoms with Gasteiger partial charge in [-0.3, -0.25) is 0 Å². The molecule has 5 aliphatic heterocycles. The molecule has 11 N–H and O–H groups in total. The fourth-order valence-corrected chi connectivity index (χ4v) is 14.5. The van der Waals surface area contributed by atoms with Crippen LogP contribution in [0.1, 0.15) is 79.1 Å². The normalized spacial score (nSPS) is 59.4. The third-order valence-corrected chi connectivity index (χ3v) is 17.9. The molecule has 0 aromatic rings. The minimum Gasteiger partial charge on any atom is -0.394 e. The zero-order valence-electron chi connectivity index (χ0n) is 36.6. The van der Waals surface area contributed by atoms with Gasteiger partial charge < -0.3 is 94.1 Å². The predicted octanol–water partition coefficient (Wildman–Crippen LogP) is -2.15. The van der Waals surface area contributed by atoms with E-state index in [1.165, 1.54) is 0 Å². The van der Waals surface area contributed by atoms with Gasteiger partial charge in [-0.25, -0.2) is 0 Å². The number of aliphatic hydroxyl groups is 11. The molecule has 63 heavy (non-hydrogen) atoms. The molecular formula is C44H72O19. The lowest BCUT2D eigenvalue weighted by molar-refractivity contribution is -0.380. The number of aliphatic hydroxyl groups excluding tert-OH is 11. The van der Waals surface area contributed by atoms with E-state index in [-0.39, 0.29) is 41.6 Å². The van der Waals surface area contributed by atoms with Gasteiger partial charge in [0, 0.05) is 12.3 Å². The number of ether oxygens (including phenoxy) is 8. The predicted molar refractivity (Wildman–Crippen MR) is 212 cm³/mol. The summed E-state index contributed by atoms with van der Waals surface area (Å²) in [6, 6.07) is 0. The summed E-state index contributed by atoms with van der Waals surface area (Å²) in [6.45, 7) is 7.91. The van der Waals surface area contributed by atoms with Gasteiger partial charge in [0.25, 0.3) is 0 Å². The fraction of sp³-hybridized carbons (Fsp3) is 1.00. The van der Waals surface area contributed by atoms with Crippen molar-refractivity contribution in [3.05, 3.63) is 0 Å². The van der Waals surface area contributed by atoms with Crippen molar-refractivity contribution in [1.29, 1.82) is 0 Å². The van der Waals surface area contributed by atoms with Gasteiger partial charge in [0.1, 0.15) is 67.1 Å². The van der Waals surface area contributed by atoms with Crippen LogP contribution in [-0.4, -0.2) is 199 Å². The second-order valence-electron chi connectivity index (χ2n) is 21.4. The minimum absolute atomic E-state index is 0.0465. The maximum Gasteiger partial charge on any atom is 0.187 e. The molecule has 9 rings (SSSR count). The molecule has 0 aromatic carbocycles. The molecule has 28 atom stereocenters. The van der Waals surface area contributed by atoms with E-state index in [0.29, 0.717) is 30.6 Å². The Hall–Kier alpha value is -0.760. The molecule has 4 aliphatic carbocycles. The highest BCUT2D eigenvalue weighted by molar-refractivity contribution is 5.17. The molecule has 1 spiro atoms.